The van der Waals surface area contributed by atoms with Gasteiger partial charge in [-0.1, -0.05) is 28.8 Å². The Balaban J connectivity index is 2.55. The monoisotopic (exact) mass is 237 g/mol. The zero-order valence-corrected chi connectivity index (χ0v) is 9.74. The summed E-state index contributed by atoms with van der Waals surface area (Å²) in [5.74, 6) is 0. The van der Waals surface area contributed by atoms with Crippen LogP contribution in [0.15, 0.2) is 23.3 Å². The van der Waals surface area contributed by atoms with Crippen LogP contribution in [0.1, 0.15) is 17.5 Å². The third-order valence-electron chi connectivity index (χ3n) is 3.01. The molecule has 1 aromatic rings. The van der Waals surface area contributed by atoms with Crippen molar-refractivity contribution in [2.75, 3.05) is 13.2 Å². The molecule has 1 saturated heterocycles. The lowest BCUT2D eigenvalue weighted by Gasteiger charge is -2.24. The van der Waals surface area contributed by atoms with Gasteiger partial charge >= 0.3 is 0 Å². The molecular formula is C11H12ClN3O. The Kier molecular flexibility index (Phi) is 3.06. The van der Waals surface area contributed by atoms with Gasteiger partial charge < -0.3 is 4.74 Å². The van der Waals surface area contributed by atoms with Crippen LogP contribution in [0.4, 0.5) is 0 Å². The topological polar surface area (TPSA) is 58.0 Å². The summed E-state index contributed by atoms with van der Waals surface area (Å²) in [6.45, 7) is 2.98. The van der Waals surface area contributed by atoms with E-state index in [-0.39, 0.29) is 0 Å². The van der Waals surface area contributed by atoms with Gasteiger partial charge in [-0.3, -0.25) is 0 Å². The average molecular weight is 238 g/mol. The van der Waals surface area contributed by atoms with Crippen molar-refractivity contribution in [1.82, 2.24) is 0 Å². The van der Waals surface area contributed by atoms with E-state index in [1.165, 1.54) is 0 Å². The van der Waals surface area contributed by atoms with E-state index < -0.39 is 5.54 Å². The van der Waals surface area contributed by atoms with E-state index >= 15 is 0 Å². The Labute approximate surface area is 98.8 Å². The molecule has 1 aliphatic heterocycles. The van der Waals surface area contributed by atoms with Gasteiger partial charge in [0, 0.05) is 16.5 Å². The molecule has 1 heterocycles. The lowest BCUT2D eigenvalue weighted by Crippen LogP contribution is -2.24. The van der Waals surface area contributed by atoms with Gasteiger partial charge in [0.15, 0.2) is 0 Å². The fourth-order valence-electron chi connectivity index (χ4n) is 2.10. The quantitative estimate of drug-likeness (QED) is 0.441. The van der Waals surface area contributed by atoms with Gasteiger partial charge in [-0.05, 0) is 36.1 Å². The molecule has 0 spiro atoms. The molecule has 84 valence electrons. The maximum atomic E-state index is 8.68. The molecular weight excluding hydrogens is 226 g/mol. The minimum atomic E-state index is -0.580. The standard InChI is InChI=1S/C11H12ClN3O/c1-8-9(3-2-4-10(8)12)11(14-15-13)5-6-16-7-11/h2-4H,5-7H2,1H3. The summed E-state index contributed by atoms with van der Waals surface area (Å²) in [6.07, 6.45) is 0.707. The van der Waals surface area contributed by atoms with Crippen LogP contribution in [0, 0.1) is 6.92 Å². The molecule has 4 nitrogen and oxygen atoms in total. The second-order valence-corrected chi connectivity index (χ2v) is 4.34. The molecule has 0 radical (unpaired) electrons. The fraction of sp³-hybridized carbons (Fsp3) is 0.455. The predicted molar refractivity (Wildman–Crippen MR) is 62.4 cm³/mol. The fourth-order valence-corrected chi connectivity index (χ4v) is 2.27. The summed E-state index contributed by atoms with van der Waals surface area (Å²) in [7, 11) is 0. The smallest absolute Gasteiger partial charge is 0.0995 e. The highest BCUT2D eigenvalue weighted by molar-refractivity contribution is 6.31. The first-order chi connectivity index (χ1) is 7.69. The lowest BCUT2D eigenvalue weighted by molar-refractivity contribution is 0.178. The molecule has 0 saturated carbocycles. The second kappa shape index (κ2) is 4.34. The van der Waals surface area contributed by atoms with Crippen LogP contribution in [0.3, 0.4) is 0 Å². The van der Waals surface area contributed by atoms with Crippen molar-refractivity contribution in [2.45, 2.75) is 18.9 Å². The van der Waals surface area contributed by atoms with Crippen LogP contribution in [0.2, 0.25) is 5.02 Å². The number of benzene rings is 1. The van der Waals surface area contributed by atoms with Crippen molar-refractivity contribution in [2.24, 2.45) is 5.11 Å². The summed E-state index contributed by atoms with van der Waals surface area (Å²) >= 11 is 6.08. The third kappa shape index (κ3) is 1.76. The first kappa shape index (κ1) is 11.3. The van der Waals surface area contributed by atoms with Crippen LogP contribution in [0.25, 0.3) is 10.4 Å². The SMILES string of the molecule is Cc1c(Cl)cccc1C1(N=[N+]=[N-])CCOC1. The van der Waals surface area contributed by atoms with E-state index in [1.54, 1.807) is 0 Å². The van der Waals surface area contributed by atoms with Gasteiger partial charge in [0.25, 0.3) is 0 Å². The van der Waals surface area contributed by atoms with Gasteiger partial charge in [0.1, 0.15) is 0 Å². The molecule has 0 amide bonds. The Morgan fingerprint density at radius 1 is 1.56 bits per heavy atom. The Morgan fingerprint density at radius 3 is 3.00 bits per heavy atom. The molecule has 1 aromatic carbocycles. The van der Waals surface area contributed by atoms with Gasteiger partial charge in [0.2, 0.25) is 0 Å². The molecule has 0 aromatic heterocycles. The zero-order chi connectivity index (χ0) is 11.6. The number of azide groups is 1. The van der Waals surface area contributed by atoms with Crippen molar-refractivity contribution in [3.63, 3.8) is 0 Å². The van der Waals surface area contributed by atoms with Gasteiger partial charge in [-0.25, -0.2) is 0 Å². The largest absolute Gasteiger partial charge is 0.380 e. The molecule has 1 aliphatic rings. The first-order valence-electron chi connectivity index (χ1n) is 5.09. The maximum absolute atomic E-state index is 8.68. The molecule has 0 N–H and O–H groups in total. The lowest BCUT2D eigenvalue weighted by atomic mass is 9.87. The minimum Gasteiger partial charge on any atom is -0.380 e. The normalized spacial score (nSPS) is 24.1. The van der Waals surface area contributed by atoms with E-state index in [4.69, 9.17) is 21.9 Å². The van der Waals surface area contributed by atoms with Crippen molar-refractivity contribution >= 4 is 11.6 Å². The number of hydrogen-bond acceptors (Lipinski definition) is 2. The Hall–Kier alpha value is -1.22. The highest BCUT2D eigenvalue weighted by Gasteiger charge is 2.37. The maximum Gasteiger partial charge on any atom is 0.0995 e. The third-order valence-corrected chi connectivity index (χ3v) is 3.42. The van der Waals surface area contributed by atoms with E-state index in [1.807, 2.05) is 25.1 Å². The summed E-state index contributed by atoms with van der Waals surface area (Å²) < 4.78 is 5.35. The van der Waals surface area contributed by atoms with Crippen molar-refractivity contribution in [1.29, 1.82) is 0 Å². The summed E-state index contributed by atoms with van der Waals surface area (Å²) in [5, 5.41) is 4.62. The highest BCUT2D eigenvalue weighted by Crippen LogP contribution is 2.38. The molecule has 1 unspecified atom stereocenters. The Morgan fingerprint density at radius 2 is 2.38 bits per heavy atom. The minimum absolute atomic E-state index is 0.429. The second-order valence-electron chi connectivity index (χ2n) is 3.94. The molecule has 1 fully saturated rings. The van der Waals surface area contributed by atoms with Crippen LogP contribution in [-0.4, -0.2) is 13.2 Å². The van der Waals surface area contributed by atoms with E-state index in [0.29, 0.717) is 24.7 Å². The van der Waals surface area contributed by atoms with Crippen molar-refractivity contribution in [3.05, 3.63) is 44.8 Å². The number of hydrogen-bond donors (Lipinski definition) is 0. The molecule has 0 bridgehead atoms. The van der Waals surface area contributed by atoms with Crippen LogP contribution < -0.4 is 0 Å². The van der Waals surface area contributed by atoms with E-state index in [0.717, 1.165) is 11.1 Å². The highest BCUT2D eigenvalue weighted by atomic mass is 35.5. The van der Waals surface area contributed by atoms with Crippen LogP contribution >= 0.6 is 11.6 Å². The molecule has 0 aliphatic carbocycles. The molecule has 2 rings (SSSR count). The number of nitrogens with zero attached hydrogens (tertiary/aromatic N) is 3. The predicted octanol–water partition coefficient (Wildman–Crippen LogP) is 3.57. The average Bonchev–Trinajstić information content (AvgIpc) is 2.72. The molecule has 1 atom stereocenters. The van der Waals surface area contributed by atoms with Crippen molar-refractivity contribution < 1.29 is 4.74 Å². The summed E-state index contributed by atoms with van der Waals surface area (Å²) in [6, 6.07) is 5.65. The van der Waals surface area contributed by atoms with Gasteiger partial charge in [0.05, 0.1) is 12.1 Å². The first-order valence-corrected chi connectivity index (χ1v) is 5.47. The van der Waals surface area contributed by atoms with Gasteiger partial charge in [-0.15, -0.1) is 0 Å². The van der Waals surface area contributed by atoms with Gasteiger partial charge in [-0.2, -0.15) is 0 Å². The number of rotatable bonds is 2. The van der Waals surface area contributed by atoms with Crippen LogP contribution in [0.5, 0.6) is 0 Å². The summed E-state index contributed by atoms with van der Waals surface area (Å²) in [4.78, 5) is 2.94. The van der Waals surface area contributed by atoms with Crippen LogP contribution in [-0.2, 0) is 10.3 Å². The number of halogens is 1. The zero-order valence-electron chi connectivity index (χ0n) is 8.98. The van der Waals surface area contributed by atoms with E-state index in [2.05, 4.69) is 10.0 Å². The molecule has 16 heavy (non-hydrogen) atoms. The molecule has 5 heteroatoms. The van der Waals surface area contributed by atoms with Crippen molar-refractivity contribution in [3.8, 4) is 0 Å². The Bertz CT molecular complexity index is 449. The van der Waals surface area contributed by atoms with E-state index in [9.17, 15) is 0 Å². The summed E-state index contributed by atoms with van der Waals surface area (Å²) in [5.41, 5.74) is 10.0. The number of ether oxygens (including phenoxy) is 1.